The minimum atomic E-state index is -1.43. The van der Waals surface area contributed by atoms with Crippen molar-refractivity contribution in [3.05, 3.63) is 60.2 Å². The third kappa shape index (κ3) is 6.76. The first-order valence-corrected chi connectivity index (χ1v) is 11.2. The molecule has 22 heavy (non-hydrogen) atoms. The fraction of sp³-hybridized carbons (Fsp3) is 0.500. The fourth-order valence-electron chi connectivity index (χ4n) is 2.68. The molecule has 0 aliphatic carbocycles. The number of allylic oxidation sites excluding steroid dienone is 2. The molecular weight excluding hydrogens is 284 g/mol. The average molecular weight is 317 g/mol. The van der Waals surface area contributed by atoms with E-state index in [-0.39, 0.29) is 0 Å². The van der Waals surface area contributed by atoms with E-state index in [0.29, 0.717) is 0 Å². The first-order valence-electron chi connectivity index (χ1n) is 8.68. The van der Waals surface area contributed by atoms with Gasteiger partial charge in [0.25, 0.3) is 0 Å². The Morgan fingerprint density at radius 1 is 1.09 bits per heavy atom. The molecule has 0 heterocycles. The largest absolute Gasteiger partial charge is 0.416 e. The Bertz CT molecular complexity index is 438. The van der Waals surface area contributed by atoms with Gasteiger partial charge < -0.3 is 4.43 Å². The van der Waals surface area contributed by atoms with Crippen LogP contribution in [0.4, 0.5) is 0 Å². The molecule has 0 aromatic heterocycles. The summed E-state index contributed by atoms with van der Waals surface area (Å²) in [5.74, 6) is 0. The highest BCUT2D eigenvalue weighted by Crippen LogP contribution is 2.22. The summed E-state index contributed by atoms with van der Waals surface area (Å²) in [6, 6.07) is 14.3. The maximum atomic E-state index is 6.27. The lowest BCUT2D eigenvalue weighted by Gasteiger charge is -2.28. The average Bonchev–Trinajstić information content (AvgIpc) is 2.57. The summed E-state index contributed by atoms with van der Waals surface area (Å²) in [5, 5.41) is 0. The van der Waals surface area contributed by atoms with Gasteiger partial charge in [-0.2, -0.15) is 0 Å². The second-order valence-corrected chi connectivity index (χ2v) is 10.7. The highest BCUT2D eigenvalue weighted by molar-refractivity contribution is 6.73. The summed E-state index contributed by atoms with van der Waals surface area (Å²) >= 11 is 0. The lowest BCUT2D eigenvalue weighted by atomic mass is 10.1. The molecule has 0 radical (unpaired) electrons. The molecule has 122 valence electrons. The number of rotatable bonds is 11. The van der Waals surface area contributed by atoms with E-state index in [0.717, 1.165) is 25.9 Å². The maximum Gasteiger partial charge on any atom is 0.191 e. The zero-order chi connectivity index (χ0) is 16.3. The smallest absolute Gasteiger partial charge is 0.191 e. The summed E-state index contributed by atoms with van der Waals surface area (Å²) in [6.45, 7) is 11.8. The van der Waals surface area contributed by atoms with Gasteiger partial charge in [-0.3, -0.25) is 0 Å². The molecule has 0 fully saturated rings. The van der Waals surface area contributed by atoms with E-state index in [2.05, 4.69) is 69.8 Å². The summed E-state index contributed by atoms with van der Waals surface area (Å²) in [7, 11) is -1.43. The van der Waals surface area contributed by atoms with Gasteiger partial charge in [0.05, 0.1) is 0 Å². The SMILES string of the molecule is C=C(/C=C/CCc1ccccc1)CCO[Si](CC)(CC)CC. The van der Waals surface area contributed by atoms with E-state index in [1.165, 1.54) is 29.3 Å². The highest BCUT2D eigenvalue weighted by atomic mass is 28.4. The van der Waals surface area contributed by atoms with Crippen LogP contribution in [0, 0.1) is 0 Å². The molecule has 1 aromatic carbocycles. The number of aryl methyl sites for hydroxylation is 1. The van der Waals surface area contributed by atoms with Crippen molar-refractivity contribution < 1.29 is 4.43 Å². The monoisotopic (exact) mass is 316 g/mol. The normalized spacial score (nSPS) is 12.0. The predicted octanol–water partition coefficient (Wildman–Crippen LogP) is 6.14. The Labute approximate surface area is 138 Å². The van der Waals surface area contributed by atoms with Gasteiger partial charge >= 0.3 is 0 Å². The van der Waals surface area contributed by atoms with Crippen LogP contribution in [0.25, 0.3) is 0 Å². The molecule has 0 atom stereocenters. The van der Waals surface area contributed by atoms with Crippen LogP contribution < -0.4 is 0 Å². The zero-order valence-electron chi connectivity index (χ0n) is 14.6. The molecule has 0 bridgehead atoms. The first-order chi connectivity index (χ1) is 10.7. The summed E-state index contributed by atoms with van der Waals surface area (Å²) < 4.78 is 6.27. The Morgan fingerprint density at radius 3 is 2.32 bits per heavy atom. The molecule has 0 amide bonds. The van der Waals surface area contributed by atoms with E-state index in [9.17, 15) is 0 Å². The van der Waals surface area contributed by atoms with Gasteiger partial charge in [0, 0.05) is 6.61 Å². The van der Waals surface area contributed by atoms with Gasteiger partial charge in [0.1, 0.15) is 0 Å². The van der Waals surface area contributed by atoms with Crippen LogP contribution in [-0.4, -0.2) is 14.9 Å². The van der Waals surface area contributed by atoms with Crippen molar-refractivity contribution in [3.8, 4) is 0 Å². The predicted molar refractivity (Wildman–Crippen MR) is 101 cm³/mol. The van der Waals surface area contributed by atoms with Crippen LogP contribution in [0.1, 0.15) is 39.2 Å². The Balaban J connectivity index is 2.24. The quantitative estimate of drug-likeness (QED) is 0.352. The van der Waals surface area contributed by atoms with E-state index in [1.807, 2.05) is 0 Å². The molecule has 0 saturated heterocycles. The first kappa shape index (κ1) is 18.9. The van der Waals surface area contributed by atoms with Crippen LogP contribution in [0.3, 0.4) is 0 Å². The third-order valence-corrected chi connectivity index (χ3v) is 9.24. The highest BCUT2D eigenvalue weighted by Gasteiger charge is 2.28. The Morgan fingerprint density at radius 2 is 1.73 bits per heavy atom. The molecule has 0 spiro atoms. The standard InChI is InChI=1S/C20H32OSi/c1-5-22(6-2,7-3)21-18-17-19(4)13-11-12-16-20-14-9-8-10-15-20/h8-11,13-15H,4-7,12,16-18H2,1-3H3/b13-11+. The van der Waals surface area contributed by atoms with Crippen LogP contribution in [0.15, 0.2) is 54.6 Å². The van der Waals surface area contributed by atoms with Crippen molar-refractivity contribution in [2.45, 2.75) is 58.2 Å². The van der Waals surface area contributed by atoms with Crippen LogP contribution in [0.2, 0.25) is 18.1 Å². The van der Waals surface area contributed by atoms with Gasteiger partial charge in [0.15, 0.2) is 8.32 Å². The van der Waals surface area contributed by atoms with Crippen molar-refractivity contribution in [1.82, 2.24) is 0 Å². The van der Waals surface area contributed by atoms with Crippen LogP contribution >= 0.6 is 0 Å². The Hall–Kier alpha value is -1.12. The topological polar surface area (TPSA) is 9.23 Å². The molecule has 0 unspecified atom stereocenters. The molecule has 0 aliphatic heterocycles. The second-order valence-electron chi connectivity index (χ2n) is 5.93. The summed E-state index contributed by atoms with van der Waals surface area (Å²) in [4.78, 5) is 0. The van der Waals surface area contributed by atoms with Crippen molar-refractivity contribution in [3.63, 3.8) is 0 Å². The van der Waals surface area contributed by atoms with Crippen molar-refractivity contribution in [2.75, 3.05) is 6.61 Å². The molecule has 0 saturated carbocycles. The van der Waals surface area contributed by atoms with Gasteiger partial charge in [-0.25, -0.2) is 0 Å². The zero-order valence-corrected chi connectivity index (χ0v) is 15.6. The van der Waals surface area contributed by atoms with E-state index < -0.39 is 8.32 Å². The van der Waals surface area contributed by atoms with Gasteiger partial charge in [-0.15, -0.1) is 0 Å². The fourth-order valence-corrected chi connectivity index (χ4v) is 5.33. The lowest BCUT2D eigenvalue weighted by Crippen LogP contribution is -2.36. The molecule has 0 N–H and O–H groups in total. The third-order valence-electron chi connectivity index (χ3n) is 4.56. The Kier molecular flexibility index (Phi) is 9.10. The number of benzene rings is 1. The van der Waals surface area contributed by atoms with Crippen molar-refractivity contribution in [1.29, 1.82) is 0 Å². The van der Waals surface area contributed by atoms with Gasteiger partial charge in [-0.1, -0.05) is 75.4 Å². The number of hydrogen-bond acceptors (Lipinski definition) is 1. The van der Waals surface area contributed by atoms with Crippen LogP contribution in [-0.2, 0) is 10.8 Å². The van der Waals surface area contributed by atoms with E-state index >= 15 is 0 Å². The summed E-state index contributed by atoms with van der Waals surface area (Å²) in [5.41, 5.74) is 2.57. The summed E-state index contributed by atoms with van der Waals surface area (Å²) in [6.07, 6.45) is 7.52. The number of hydrogen-bond donors (Lipinski definition) is 0. The van der Waals surface area contributed by atoms with Gasteiger partial charge in [0.2, 0.25) is 0 Å². The minimum Gasteiger partial charge on any atom is -0.416 e. The van der Waals surface area contributed by atoms with Crippen LogP contribution in [0.5, 0.6) is 0 Å². The maximum absolute atomic E-state index is 6.27. The van der Waals surface area contributed by atoms with E-state index in [4.69, 9.17) is 4.43 Å². The minimum absolute atomic E-state index is 0.837. The molecule has 1 aromatic rings. The molecule has 2 heteroatoms. The lowest BCUT2D eigenvalue weighted by molar-refractivity contribution is 0.304. The van der Waals surface area contributed by atoms with Gasteiger partial charge in [-0.05, 0) is 43.0 Å². The molecule has 1 nitrogen and oxygen atoms in total. The molecule has 1 rings (SSSR count). The second kappa shape index (κ2) is 10.6. The van der Waals surface area contributed by atoms with Crippen molar-refractivity contribution >= 4 is 8.32 Å². The van der Waals surface area contributed by atoms with E-state index in [1.54, 1.807) is 0 Å². The molecule has 0 aliphatic rings. The van der Waals surface area contributed by atoms with Crippen molar-refractivity contribution in [2.24, 2.45) is 0 Å². The molecular formula is C20H32OSi.